The second-order valence-corrected chi connectivity index (χ2v) is 9.31. The topological polar surface area (TPSA) is 333 Å². The van der Waals surface area contributed by atoms with Crippen LogP contribution in [-0.2, 0) is 33.6 Å². The van der Waals surface area contributed by atoms with E-state index in [9.17, 15) is 64.2 Å². The third kappa shape index (κ3) is 15.7. The highest BCUT2D eigenvalue weighted by atomic mass is 16.6. The molecule has 0 heterocycles. The Balaban J connectivity index is 5.72. The molecular formula is C23H40N8O13. The van der Waals surface area contributed by atoms with E-state index in [1.807, 2.05) is 10.6 Å². The minimum absolute atomic E-state index is 0.0309. The quantitative estimate of drug-likeness (QED) is 0.0147. The molecule has 0 spiro atoms. The number of nitrogens with one attached hydrogen (secondary N) is 5. The summed E-state index contributed by atoms with van der Waals surface area (Å²) in [6.07, 6.45) is -1.80. The van der Waals surface area contributed by atoms with Crippen molar-refractivity contribution >= 4 is 42.4 Å². The highest BCUT2D eigenvalue weighted by molar-refractivity contribution is 5.97. The van der Waals surface area contributed by atoms with Crippen LogP contribution in [0.15, 0.2) is 0 Å². The lowest BCUT2D eigenvalue weighted by atomic mass is 10.1. The molecular weight excluding hydrogens is 596 g/mol. The number of carboxylic acids is 1. The summed E-state index contributed by atoms with van der Waals surface area (Å²) < 4.78 is 0. The van der Waals surface area contributed by atoms with Crippen molar-refractivity contribution in [1.29, 1.82) is 0 Å². The zero-order valence-corrected chi connectivity index (χ0v) is 23.8. The van der Waals surface area contributed by atoms with Gasteiger partial charge in [-0.2, -0.15) is 0 Å². The van der Waals surface area contributed by atoms with E-state index in [0.717, 1.165) is 0 Å². The highest BCUT2D eigenvalue weighted by Crippen LogP contribution is 2.04. The number of carboxylic acid groups (broad SMARTS) is 1. The van der Waals surface area contributed by atoms with Gasteiger partial charge in [0.25, 0.3) is 0 Å². The van der Waals surface area contributed by atoms with E-state index >= 15 is 0 Å². The molecule has 11 N–H and O–H groups in total. The van der Waals surface area contributed by atoms with E-state index in [0.29, 0.717) is 24.4 Å². The Labute approximate surface area is 251 Å². The van der Waals surface area contributed by atoms with Crippen molar-refractivity contribution in [2.45, 2.75) is 68.8 Å². The Morgan fingerprint density at radius 2 is 1.50 bits per heavy atom. The number of nitro groups is 1. The Morgan fingerprint density at radius 1 is 0.886 bits per heavy atom. The van der Waals surface area contributed by atoms with Crippen molar-refractivity contribution in [3.8, 4) is 0 Å². The summed E-state index contributed by atoms with van der Waals surface area (Å²) in [4.78, 5) is 93.9. The average molecular weight is 637 g/mol. The molecule has 250 valence electrons. The number of rotatable bonds is 25. The maximum absolute atomic E-state index is 12.9. The average Bonchev–Trinajstić information content (AvgIpc) is 2.98. The number of carbonyl (C=O) groups is 7. The van der Waals surface area contributed by atoms with Gasteiger partial charge in [0.05, 0.1) is 6.61 Å². The summed E-state index contributed by atoms with van der Waals surface area (Å²) >= 11 is 0. The van der Waals surface area contributed by atoms with Crippen molar-refractivity contribution in [3.63, 3.8) is 0 Å². The zero-order valence-electron chi connectivity index (χ0n) is 23.8. The van der Waals surface area contributed by atoms with Crippen LogP contribution < -0.4 is 32.3 Å². The van der Waals surface area contributed by atoms with E-state index in [2.05, 4.69) is 16.0 Å². The summed E-state index contributed by atoms with van der Waals surface area (Å²) in [6.45, 7) is -1.28. The van der Waals surface area contributed by atoms with Gasteiger partial charge in [0.15, 0.2) is 6.10 Å². The Hall–Kier alpha value is -4.47. The molecule has 44 heavy (non-hydrogen) atoms. The fourth-order valence-electron chi connectivity index (χ4n) is 3.59. The van der Waals surface area contributed by atoms with Crippen molar-refractivity contribution in [2.75, 3.05) is 32.8 Å². The lowest BCUT2D eigenvalue weighted by Crippen LogP contribution is -2.62. The smallest absolute Gasteiger partial charge is 0.335 e. The third-order valence-corrected chi connectivity index (χ3v) is 5.95. The fraction of sp³-hybridized carbons (Fsp3) is 0.696. The second-order valence-electron chi connectivity index (χ2n) is 9.31. The zero-order chi connectivity index (χ0) is 33.7. The number of aliphatic hydroxyl groups is 2. The molecule has 0 aliphatic rings. The van der Waals surface area contributed by atoms with Crippen LogP contribution in [-0.4, -0.2) is 136 Å². The Bertz CT molecular complexity index is 986. The summed E-state index contributed by atoms with van der Waals surface area (Å²) in [5.74, 6) is -6.42. The molecule has 0 rings (SSSR count). The van der Waals surface area contributed by atoms with Crippen LogP contribution in [0.5, 0.6) is 0 Å². The molecule has 0 bridgehead atoms. The fourth-order valence-corrected chi connectivity index (χ4v) is 3.59. The Morgan fingerprint density at radius 3 is 2.05 bits per heavy atom. The van der Waals surface area contributed by atoms with E-state index in [1.165, 1.54) is 0 Å². The molecule has 0 saturated heterocycles. The highest BCUT2D eigenvalue weighted by Gasteiger charge is 2.37. The minimum atomic E-state index is -2.58. The first-order valence-electron chi connectivity index (χ1n) is 13.5. The molecule has 21 nitrogen and oxygen atoms in total. The van der Waals surface area contributed by atoms with Crippen LogP contribution in [0.4, 0.5) is 0 Å². The van der Waals surface area contributed by atoms with Gasteiger partial charge in [-0.25, -0.2) is 9.86 Å². The molecule has 0 aromatic rings. The maximum Gasteiger partial charge on any atom is 0.335 e. The van der Waals surface area contributed by atoms with Gasteiger partial charge in [-0.05, 0) is 38.6 Å². The lowest BCUT2D eigenvalue weighted by Gasteiger charge is -2.26. The maximum atomic E-state index is 12.9. The predicted molar refractivity (Wildman–Crippen MR) is 146 cm³/mol. The monoisotopic (exact) mass is 636 g/mol. The van der Waals surface area contributed by atoms with Crippen molar-refractivity contribution in [1.82, 2.24) is 31.6 Å². The first-order valence-corrected chi connectivity index (χ1v) is 13.5. The molecule has 0 aliphatic carbocycles. The normalized spacial score (nSPS) is 14.0. The number of nitrogens with zero attached hydrogens (tertiary/aromatic N) is 2. The number of aliphatic carboxylic acids is 1. The number of carbonyl (C=O) groups excluding carboxylic acids is 6. The second kappa shape index (κ2) is 22.1. The van der Waals surface area contributed by atoms with Gasteiger partial charge < -0.3 is 47.6 Å². The predicted octanol–water partition coefficient (Wildman–Crippen LogP) is -5.47. The number of aliphatic hydroxyl groups excluding tert-OH is 2. The van der Waals surface area contributed by atoms with Gasteiger partial charge in [-0.15, -0.1) is 0 Å². The molecule has 21 heteroatoms. The molecule has 0 fully saturated rings. The van der Waals surface area contributed by atoms with E-state index in [1.54, 1.807) is 0 Å². The number of hydrogen-bond donors (Lipinski definition) is 10. The van der Waals surface area contributed by atoms with Crippen LogP contribution in [0.1, 0.15) is 38.5 Å². The van der Waals surface area contributed by atoms with Crippen LogP contribution in [0.25, 0.3) is 0 Å². The van der Waals surface area contributed by atoms with E-state index < -0.39 is 77.9 Å². The first kappa shape index (κ1) is 39.5. The third-order valence-electron chi connectivity index (χ3n) is 5.95. The number of amides is 6. The molecule has 0 aliphatic heterocycles. The summed E-state index contributed by atoms with van der Waals surface area (Å²) in [5, 5.41) is 60.0. The molecule has 5 unspecified atom stereocenters. The number of hydroxylamine groups is 2. The van der Waals surface area contributed by atoms with Crippen molar-refractivity contribution in [3.05, 3.63) is 10.1 Å². The van der Waals surface area contributed by atoms with Gasteiger partial charge in [0.2, 0.25) is 43.0 Å². The van der Waals surface area contributed by atoms with E-state index in [-0.39, 0.29) is 51.6 Å². The van der Waals surface area contributed by atoms with Gasteiger partial charge in [-0.3, -0.25) is 44.1 Å². The van der Waals surface area contributed by atoms with Crippen LogP contribution in [0.2, 0.25) is 0 Å². The largest absolute Gasteiger partial charge is 0.479 e. The molecule has 6 amide bonds. The number of nitrogens with two attached hydrogens (primary N) is 1. The Kier molecular flexibility index (Phi) is 19.9. The SMILES string of the molecule is NCCCCNC(=O)C(CCCN(O)C=O)NC(=O)C(CO)NC(=O)C(NC(=O)C(CCC[N+](=O)[O-])NC=O)C(O)C(=O)O. The van der Waals surface area contributed by atoms with E-state index in [4.69, 9.17) is 5.73 Å². The first-order chi connectivity index (χ1) is 20.8. The summed E-state index contributed by atoms with van der Waals surface area (Å²) in [6, 6.07) is -6.84. The van der Waals surface area contributed by atoms with Crippen LogP contribution in [0, 0.1) is 10.1 Å². The summed E-state index contributed by atoms with van der Waals surface area (Å²) in [5.41, 5.74) is 5.41. The molecule has 5 atom stereocenters. The standard InChI is InChI=1S/C23H40N8O13/c24-7-1-2-8-25-19(36)15(6-3-9-30(42)13-34)27-21(38)16(11-32)28-22(39)17(18(35)23(40)41)29-20(37)14(26-12-33)5-4-10-31(43)44/h12-18,32,35,42H,1-11,24H2,(H,25,36)(H,26,33)(H,27,38)(H,28,39)(H,29,37)(H,40,41). The van der Waals surface area contributed by atoms with Crippen LogP contribution in [0.3, 0.4) is 0 Å². The molecule has 0 radical (unpaired) electrons. The van der Waals surface area contributed by atoms with Crippen molar-refractivity contribution < 1.29 is 59.0 Å². The summed E-state index contributed by atoms with van der Waals surface area (Å²) in [7, 11) is 0. The van der Waals surface area contributed by atoms with Gasteiger partial charge in [0, 0.05) is 24.4 Å². The van der Waals surface area contributed by atoms with Crippen molar-refractivity contribution in [2.24, 2.45) is 5.73 Å². The minimum Gasteiger partial charge on any atom is -0.479 e. The van der Waals surface area contributed by atoms with Gasteiger partial charge in [0.1, 0.15) is 24.2 Å². The molecule has 0 aromatic carbocycles. The van der Waals surface area contributed by atoms with Gasteiger partial charge in [-0.1, -0.05) is 0 Å². The molecule has 0 aromatic heterocycles. The molecule has 0 saturated carbocycles. The number of unbranched alkanes of at least 4 members (excludes halogenated alkanes) is 1. The lowest BCUT2D eigenvalue weighted by molar-refractivity contribution is -0.480. The van der Waals surface area contributed by atoms with Crippen LogP contribution >= 0.6 is 0 Å². The van der Waals surface area contributed by atoms with Gasteiger partial charge >= 0.3 is 5.97 Å². The number of hydrogen-bond acceptors (Lipinski definition) is 13.